The van der Waals surface area contributed by atoms with E-state index >= 15 is 0 Å². The molecule has 0 heterocycles. The summed E-state index contributed by atoms with van der Waals surface area (Å²) >= 11 is 0. The summed E-state index contributed by atoms with van der Waals surface area (Å²) in [4.78, 5) is 30.0. The maximum absolute atomic E-state index is 13.4. The molecule has 6 aliphatic carbocycles. The van der Waals surface area contributed by atoms with Crippen LogP contribution in [0.2, 0.25) is 0 Å². The second kappa shape index (κ2) is 6.18. The number of fused-ring (bicyclic) bond motifs is 2. The Labute approximate surface area is 165 Å². The van der Waals surface area contributed by atoms with Gasteiger partial charge in [0.2, 0.25) is 0 Å². The van der Waals surface area contributed by atoms with Gasteiger partial charge in [0.15, 0.2) is 0 Å². The number of carbonyl (C=O) groups is 2. The van der Waals surface area contributed by atoms with Crippen molar-refractivity contribution in [3.8, 4) is 0 Å². The molecule has 0 aromatic heterocycles. The largest absolute Gasteiger partial charge is 0.481 e. The predicted octanol–water partition coefficient (Wildman–Crippen LogP) is 3.60. The molecule has 6 saturated carbocycles. The molecule has 6 rings (SSSR count). The lowest BCUT2D eigenvalue weighted by atomic mass is 9.48. The first-order chi connectivity index (χ1) is 13.3. The minimum absolute atomic E-state index is 0.0838. The second-order valence-electron chi connectivity index (χ2n) is 11.0. The zero-order chi connectivity index (χ0) is 19.8. The number of carboxylic acid groups (broad SMARTS) is 1. The maximum Gasteiger partial charge on any atom is 0.310 e. The van der Waals surface area contributed by atoms with Crippen molar-refractivity contribution >= 4 is 11.9 Å². The van der Waals surface area contributed by atoms with Crippen LogP contribution in [0.4, 0.5) is 0 Å². The highest BCUT2D eigenvalue weighted by molar-refractivity contribution is 5.83. The van der Waals surface area contributed by atoms with Gasteiger partial charge in [0.25, 0.3) is 0 Å². The van der Waals surface area contributed by atoms with E-state index in [1.807, 2.05) is 0 Å². The highest BCUT2D eigenvalue weighted by atomic mass is 17.1. The van der Waals surface area contributed by atoms with Crippen LogP contribution in [0.5, 0.6) is 0 Å². The summed E-state index contributed by atoms with van der Waals surface area (Å²) in [5.41, 5.74) is -0.582. The molecule has 0 amide bonds. The lowest BCUT2D eigenvalue weighted by molar-refractivity contribution is -0.289. The predicted molar refractivity (Wildman–Crippen MR) is 99.1 cm³/mol. The van der Waals surface area contributed by atoms with Gasteiger partial charge in [-0.15, -0.1) is 0 Å². The number of ether oxygens (including phenoxy) is 1. The lowest BCUT2D eigenvalue weighted by Crippen LogP contribution is -2.59. The molecule has 6 nitrogen and oxygen atoms in total. The Kier molecular flexibility index (Phi) is 4.16. The van der Waals surface area contributed by atoms with Gasteiger partial charge >= 0.3 is 11.9 Å². The SMILES string of the molecule is CC1C(C)C2CC1C(C(=O)O)C2C(=O)OC12CC3CC(CC(COO)(C3)C1)C2. The Morgan fingerprint density at radius 2 is 1.57 bits per heavy atom. The molecule has 28 heavy (non-hydrogen) atoms. The zero-order valence-corrected chi connectivity index (χ0v) is 16.8. The maximum atomic E-state index is 13.4. The van der Waals surface area contributed by atoms with Crippen molar-refractivity contribution in [2.45, 2.75) is 64.4 Å². The first-order valence-corrected chi connectivity index (χ1v) is 11.0. The van der Waals surface area contributed by atoms with Crippen LogP contribution >= 0.6 is 0 Å². The van der Waals surface area contributed by atoms with E-state index in [0.717, 1.165) is 38.5 Å². The van der Waals surface area contributed by atoms with Crippen LogP contribution in [0.3, 0.4) is 0 Å². The van der Waals surface area contributed by atoms with Crippen molar-refractivity contribution in [1.82, 2.24) is 0 Å². The molecular weight excluding hydrogens is 360 g/mol. The first kappa shape index (κ1) is 18.9. The van der Waals surface area contributed by atoms with Crippen LogP contribution in [-0.4, -0.2) is 34.5 Å². The average Bonchev–Trinajstić information content (AvgIpc) is 3.10. The summed E-state index contributed by atoms with van der Waals surface area (Å²) in [6, 6.07) is 0. The molecule has 0 radical (unpaired) electrons. The Morgan fingerprint density at radius 1 is 0.964 bits per heavy atom. The molecule has 6 fully saturated rings. The van der Waals surface area contributed by atoms with Crippen LogP contribution in [0.15, 0.2) is 0 Å². The second-order valence-corrected chi connectivity index (χ2v) is 11.0. The van der Waals surface area contributed by atoms with Crippen LogP contribution < -0.4 is 0 Å². The molecule has 0 saturated heterocycles. The number of aliphatic carboxylic acids is 1. The highest BCUT2D eigenvalue weighted by Crippen LogP contribution is 2.64. The molecule has 8 atom stereocenters. The van der Waals surface area contributed by atoms with Gasteiger partial charge in [0.1, 0.15) is 5.60 Å². The minimum Gasteiger partial charge on any atom is -0.481 e. The van der Waals surface area contributed by atoms with Crippen LogP contribution in [0.1, 0.15) is 58.8 Å². The normalized spacial score (nSPS) is 53.5. The van der Waals surface area contributed by atoms with E-state index in [1.54, 1.807) is 0 Å². The molecule has 0 aromatic carbocycles. The van der Waals surface area contributed by atoms with Crippen LogP contribution in [-0.2, 0) is 19.2 Å². The van der Waals surface area contributed by atoms with Gasteiger partial charge in [0, 0.05) is 5.41 Å². The van der Waals surface area contributed by atoms with Crippen molar-refractivity contribution < 1.29 is 29.6 Å². The highest BCUT2D eigenvalue weighted by Gasteiger charge is 2.63. The van der Waals surface area contributed by atoms with E-state index in [1.165, 1.54) is 6.42 Å². The lowest BCUT2D eigenvalue weighted by Gasteiger charge is -2.61. The van der Waals surface area contributed by atoms with E-state index < -0.39 is 23.4 Å². The third-order valence-electron chi connectivity index (χ3n) is 9.41. The fourth-order valence-electron chi connectivity index (χ4n) is 8.73. The van der Waals surface area contributed by atoms with E-state index in [9.17, 15) is 14.7 Å². The zero-order valence-electron chi connectivity index (χ0n) is 16.8. The van der Waals surface area contributed by atoms with Crippen LogP contribution in [0, 0.1) is 52.8 Å². The molecule has 156 valence electrons. The van der Waals surface area contributed by atoms with Crippen molar-refractivity contribution in [3.05, 3.63) is 0 Å². The van der Waals surface area contributed by atoms with Crippen LogP contribution in [0.25, 0.3) is 0 Å². The number of esters is 1. The van der Waals surface area contributed by atoms with Crippen molar-refractivity contribution in [2.75, 3.05) is 6.61 Å². The standard InChI is InChI=1S/C22H32O6/c1-11-12(2)16-4-15(11)17(19(23)24)18(16)20(25)28-22-7-13-3-14(8-22)6-21(5-13,9-22)10-27-26/h11-18,26H,3-10H2,1-2H3,(H,23,24). The third kappa shape index (κ3) is 2.59. The molecule has 0 spiro atoms. The Morgan fingerprint density at radius 3 is 2.14 bits per heavy atom. The number of hydrogen-bond acceptors (Lipinski definition) is 5. The minimum atomic E-state index is -0.844. The fourth-order valence-corrected chi connectivity index (χ4v) is 8.73. The number of carbonyl (C=O) groups excluding carboxylic acids is 1. The number of hydrogen-bond donors (Lipinski definition) is 2. The molecule has 6 bridgehead atoms. The van der Waals surface area contributed by atoms with Gasteiger partial charge < -0.3 is 9.84 Å². The summed E-state index contributed by atoms with van der Waals surface area (Å²) < 4.78 is 6.28. The van der Waals surface area contributed by atoms with E-state index in [-0.39, 0.29) is 23.2 Å². The summed E-state index contributed by atoms with van der Waals surface area (Å²) in [6.07, 6.45) is 6.57. The molecular formula is C22H32O6. The third-order valence-corrected chi connectivity index (χ3v) is 9.41. The Hall–Kier alpha value is -1.14. The number of rotatable bonds is 5. The van der Waals surface area contributed by atoms with E-state index in [4.69, 9.17) is 9.99 Å². The summed E-state index contributed by atoms with van der Waals surface area (Å²) in [7, 11) is 0. The first-order valence-electron chi connectivity index (χ1n) is 11.0. The quantitative estimate of drug-likeness (QED) is 0.422. The smallest absolute Gasteiger partial charge is 0.310 e. The Balaban J connectivity index is 1.39. The topological polar surface area (TPSA) is 93.1 Å². The average molecular weight is 392 g/mol. The van der Waals surface area contributed by atoms with Gasteiger partial charge in [-0.25, -0.2) is 4.89 Å². The molecule has 2 N–H and O–H groups in total. The number of carboxylic acids is 1. The fraction of sp³-hybridized carbons (Fsp3) is 0.909. The van der Waals surface area contributed by atoms with E-state index in [0.29, 0.717) is 30.3 Å². The van der Waals surface area contributed by atoms with Crippen molar-refractivity contribution in [1.29, 1.82) is 0 Å². The van der Waals surface area contributed by atoms with Gasteiger partial charge in [-0.2, -0.15) is 0 Å². The molecule has 8 unspecified atom stereocenters. The van der Waals surface area contributed by atoms with Gasteiger partial charge in [-0.05, 0) is 80.5 Å². The molecule has 0 aliphatic heterocycles. The van der Waals surface area contributed by atoms with E-state index in [2.05, 4.69) is 18.7 Å². The summed E-state index contributed by atoms with van der Waals surface area (Å²) in [5.74, 6) is -0.290. The van der Waals surface area contributed by atoms with Gasteiger partial charge in [-0.3, -0.25) is 14.8 Å². The molecule has 0 aromatic rings. The molecule has 6 aliphatic rings. The van der Waals surface area contributed by atoms with Crippen molar-refractivity contribution in [2.24, 2.45) is 52.8 Å². The van der Waals surface area contributed by atoms with Crippen molar-refractivity contribution in [3.63, 3.8) is 0 Å². The summed E-state index contributed by atoms with van der Waals surface area (Å²) in [6.45, 7) is 4.59. The van der Waals surface area contributed by atoms with Gasteiger partial charge in [0.05, 0.1) is 18.4 Å². The van der Waals surface area contributed by atoms with Gasteiger partial charge in [-0.1, -0.05) is 13.8 Å². The summed E-state index contributed by atoms with van der Waals surface area (Å²) in [5, 5.41) is 19.0. The monoisotopic (exact) mass is 392 g/mol. The molecule has 6 heteroatoms. The Bertz CT molecular complexity index is 675.